The predicted octanol–water partition coefficient (Wildman–Crippen LogP) is 6.24. The Balaban J connectivity index is 2.27. The molecule has 0 aliphatic heterocycles. The highest BCUT2D eigenvalue weighted by Gasteiger charge is 2.11. The number of ketones is 1. The molecule has 0 atom stereocenters. The van der Waals surface area contributed by atoms with E-state index in [1.54, 1.807) is 17.4 Å². The van der Waals surface area contributed by atoms with E-state index in [1.165, 1.54) is 16.2 Å². The first-order valence-electron chi connectivity index (χ1n) is 5.63. The van der Waals surface area contributed by atoms with Gasteiger partial charge in [-0.25, -0.2) is 0 Å². The summed E-state index contributed by atoms with van der Waals surface area (Å²) in [7, 11) is 0. The minimum Gasteiger partial charge on any atom is -0.288 e. The lowest BCUT2D eigenvalue weighted by atomic mass is 10.2. The topological polar surface area (TPSA) is 17.1 Å². The minimum atomic E-state index is 0.0680. The van der Waals surface area contributed by atoms with Crippen LogP contribution in [0, 0.1) is 13.8 Å². The molecule has 5 heteroatoms. The van der Waals surface area contributed by atoms with Crippen LogP contribution in [0.3, 0.4) is 0 Å². The standard InChI is InChI=1S/C14H12Br2OS2/c1-7(13-5-10(15)8(2)18-13)4-12(17)14-6-11(16)9(3)19-14/h4-6H,1-3H3. The number of hydrogen-bond acceptors (Lipinski definition) is 3. The number of rotatable bonds is 3. The quantitative estimate of drug-likeness (QED) is 0.425. The third-order valence-corrected chi connectivity index (χ3v) is 7.12. The van der Waals surface area contributed by atoms with Crippen molar-refractivity contribution in [1.82, 2.24) is 0 Å². The fourth-order valence-corrected chi connectivity index (χ4v) is 4.53. The van der Waals surface area contributed by atoms with Crippen molar-refractivity contribution in [3.05, 3.63) is 46.7 Å². The van der Waals surface area contributed by atoms with Crippen LogP contribution in [0.25, 0.3) is 5.57 Å². The van der Waals surface area contributed by atoms with Gasteiger partial charge in [-0.3, -0.25) is 4.79 Å². The molecule has 19 heavy (non-hydrogen) atoms. The maximum atomic E-state index is 12.2. The Kier molecular flexibility index (Phi) is 4.82. The summed E-state index contributed by atoms with van der Waals surface area (Å²) in [5.41, 5.74) is 1.01. The molecule has 1 nitrogen and oxygen atoms in total. The molecule has 0 saturated carbocycles. The second-order valence-electron chi connectivity index (χ2n) is 4.22. The molecule has 2 heterocycles. The summed E-state index contributed by atoms with van der Waals surface area (Å²) in [6.07, 6.45) is 1.72. The number of halogens is 2. The lowest BCUT2D eigenvalue weighted by Crippen LogP contribution is -1.90. The van der Waals surface area contributed by atoms with Gasteiger partial charge < -0.3 is 0 Å². The molecule has 2 rings (SSSR count). The maximum Gasteiger partial charge on any atom is 0.196 e. The summed E-state index contributed by atoms with van der Waals surface area (Å²) < 4.78 is 2.10. The lowest BCUT2D eigenvalue weighted by Gasteiger charge is -1.95. The third kappa shape index (κ3) is 3.45. The third-order valence-electron chi connectivity index (χ3n) is 2.69. The normalized spacial score (nSPS) is 11.9. The van der Waals surface area contributed by atoms with Crippen molar-refractivity contribution in [2.24, 2.45) is 0 Å². The second-order valence-corrected chi connectivity index (χ2v) is 8.44. The molecule has 0 bridgehead atoms. The zero-order valence-corrected chi connectivity index (χ0v) is 15.5. The highest BCUT2D eigenvalue weighted by atomic mass is 79.9. The van der Waals surface area contributed by atoms with Crippen molar-refractivity contribution in [3.63, 3.8) is 0 Å². The van der Waals surface area contributed by atoms with Gasteiger partial charge in [-0.2, -0.15) is 0 Å². The lowest BCUT2D eigenvalue weighted by molar-refractivity contribution is 0.105. The first kappa shape index (κ1) is 15.2. The van der Waals surface area contributed by atoms with Crippen molar-refractivity contribution >= 4 is 65.9 Å². The summed E-state index contributed by atoms with van der Waals surface area (Å²) in [5.74, 6) is 0.0680. The van der Waals surface area contributed by atoms with Gasteiger partial charge in [0.15, 0.2) is 5.78 Å². The van der Waals surface area contributed by atoms with Crippen molar-refractivity contribution in [1.29, 1.82) is 0 Å². The molecule has 100 valence electrons. The van der Waals surface area contributed by atoms with E-state index < -0.39 is 0 Å². The number of allylic oxidation sites excluding steroid dienone is 2. The SMILES string of the molecule is CC(=CC(=O)c1cc(Br)c(C)s1)c1cc(Br)c(C)s1. The van der Waals surface area contributed by atoms with Crippen LogP contribution < -0.4 is 0 Å². The van der Waals surface area contributed by atoms with Gasteiger partial charge in [0.25, 0.3) is 0 Å². The van der Waals surface area contributed by atoms with Crippen molar-refractivity contribution < 1.29 is 4.79 Å². The van der Waals surface area contributed by atoms with Gasteiger partial charge in [0, 0.05) is 23.6 Å². The molecule has 0 amide bonds. The first-order chi connectivity index (χ1) is 8.88. The molecular weight excluding hydrogens is 408 g/mol. The Bertz CT molecular complexity index is 626. The molecule has 0 saturated heterocycles. The van der Waals surface area contributed by atoms with Gasteiger partial charge in [0.05, 0.1) is 4.88 Å². The molecule has 2 aromatic heterocycles. The Morgan fingerprint density at radius 3 is 1.95 bits per heavy atom. The smallest absolute Gasteiger partial charge is 0.196 e. The van der Waals surface area contributed by atoms with Gasteiger partial charge in [-0.05, 0) is 76.4 Å². The van der Waals surface area contributed by atoms with Gasteiger partial charge in [0.2, 0.25) is 0 Å². The monoisotopic (exact) mass is 418 g/mol. The van der Waals surface area contributed by atoms with Crippen LogP contribution in [0.5, 0.6) is 0 Å². The van der Waals surface area contributed by atoms with Gasteiger partial charge in [-0.15, -0.1) is 22.7 Å². The summed E-state index contributed by atoms with van der Waals surface area (Å²) in [5, 5.41) is 0. The minimum absolute atomic E-state index is 0.0680. The molecule has 0 unspecified atom stereocenters. The van der Waals surface area contributed by atoms with Crippen LogP contribution in [0.1, 0.15) is 31.2 Å². The Labute approximate surface area is 137 Å². The highest BCUT2D eigenvalue weighted by Crippen LogP contribution is 2.32. The number of thiophene rings is 2. The van der Waals surface area contributed by atoms with Crippen LogP contribution in [-0.4, -0.2) is 5.78 Å². The van der Waals surface area contributed by atoms with Gasteiger partial charge >= 0.3 is 0 Å². The molecular formula is C14H12Br2OS2. The molecule has 0 aliphatic carbocycles. The molecule has 0 spiro atoms. The van der Waals surface area contributed by atoms with Gasteiger partial charge in [-0.1, -0.05) is 0 Å². The first-order valence-corrected chi connectivity index (χ1v) is 8.85. The summed E-state index contributed by atoms with van der Waals surface area (Å²) >= 11 is 10.2. The summed E-state index contributed by atoms with van der Waals surface area (Å²) in [4.78, 5) is 16.5. The van der Waals surface area contributed by atoms with Gasteiger partial charge in [0.1, 0.15) is 0 Å². The van der Waals surface area contributed by atoms with E-state index in [1.807, 2.05) is 19.9 Å². The van der Waals surface area contributed by atoms with Crippen molar-refractivity contribution in [2.75, 3.05) is 0 Å². The van der Waals surface area contributed by atoms with E-state index in [4.69, 9.17) is 0 Å². The van der Waals surface area contributed by atoms with Crippen LogP contribution >= 0.6 is 54.5 Å². The molecule has 0 N–H and O–H groups in total. The van der Waals surface area contributed by atoms with Crippen molar-refractivity contribution in [2.45, 2.75) is 20.8 Å². The highest BCUT2D eigenvalue weighted by molar-refractivity contribution is 9.10. The molecule has 0 aliphatic rings. The number of carbonyl (C=O) groups is 1. The van der Waals surface area contributed by atoms with Crippen LogP contribution in [-0.2, 0) is 0 Å². The maximum absolute atomic E-state index is 12.2. The molecule has 0 fully saturated rings. The zero-order valence-electron chi connectivity index (χ0n) is 10.7. The molecule has 0 radical (unpaired) electrons. The largest absolute Gasteiger partial charge is 0.288 e. The average molecular weight is 420 g/mol. The summed E-state index contributed by atoms with van der Waals surface area (Å²) in [6.45, 7) is 6.04. The van der Waals surface area contributed by atoms with Crippen LogP contribution in [0.4, 0.5) is 0 Å². The fourth-order valence-electron chi connectivity index (χ4n) is 1.57. The molecule has 0 aromatic carbocycles. The average Bonchev–Trinajstić information content (AvgIpc) is 2.84. The van der Waals surface area contributed by atoms with E-state index in [2.05, 4.69) is 44.8 Å². The van der Waals surface area contributed by atoms with E-state index >= 15 is 0 Å². The molecule has 2 aromatic rings. The van der Waals surface area contributed by atoms with E-state index in [0.29, 0.717) is 0 Å². The van der Waals surface area contributed by atoms with Crippen LogP contribution in [0.15, 0.2) is 27.2 Å². The number of carbonyl (C=O) groups excluding carboxylic acids is 1. The summed E-state index contributed by atoms with van der Waals surface area (Å²) in [6, 6.07) is 3.95. The Hall–Kier alpha value is -0.230. The number of aryl methyl sites for hydroxylation is 2. The predicted molar refractivity (Wildman–Crippen MR) is 91.5 cm³/mol. The Morgan fingerprint density at radius 1 is 1.05 bits per heavy atom. The van der Waals surface area contributed by atoms with Crippen molar-refractivity contribution in [3.8, 4) is 0 Å². The van der Waals surface area contributed by atoms with E-state index in [9.17, 15) is 4.79 Å². The zero-order chi connectivity index (χ0) is 14.2. The van der Waals surface area contributed by atoms with E-state index in [-0.39, 0.29) is 5.78 Å². The second kappa shape index (κ2) is 6.04. The van der Waals surface area contributed by atoms with Crippen LogP contribution in [0.2, 0.25) is 0 Å². The van der Waals surface area contributed by atoms with E-state index in [0.717, 1.165) is 29.1 Å². The fraction of sp³-hybridized carbons (Fsp3) is 0.214. The Morgan fingerprint density at radius 2 is 1.53 bits per heavy atom. The number of hydrogen-bond donors (Lipinski definition) is 0.